The quantitative estimate of drug-likeness (QED) is 0.645. The van der Waals surface area contributed by atoms with Crippen molar-refractivity contribution in [2.45, 2.75) is 76.5 Å². The fraction of sp³-hybridized carbons (Fsp3) is 0.682. The molecule has 6 nitrogen and oxygen atoms in total. The van der Waals surface area contributed by atoms with E-state index in [1.54, 1.807) is 6.07 Å². The summed E-state index contributed by atoms with van der Waals surface area (Å²) in [4.78, 5) is 14.6. The molecule has 3 aliphatic rings. The van der Waals surface area contributed by atoms with Crippen molar-refractivity contribution in [2.24, 2.45) is 5.92 Å². The Labute approximate surface area is 185 Å². The van der Waals surface area contributed by atoms with Gasteiger partial charge in [-0.3, -0.25) is 4.79 Å². The molecule has 1 unspecified atom stereocenters. The van der Waals surface area contributed by atoms with E-state index < -0.39 is 48.2 Å². The molecule has 1 aromatic carbocycles. The maximum absolute atomic E-state index is 13.9. The molecular formula is C22H29BF3NO5. The van der Waals surface area contributed by atoms with Gasteiger partial charge in [-0.2, -0.15) is 13.2 Å². The lowest BCUT2D eigenvalue weighted by molar-refractivity contribution is -0.277. The zero-order valence-corrected chi connectivity index (χ0v) is 18.8. The number of alkyl halides is 3. The van der Waals surface area contributed by atoms with Gasteiger partial charge in [-0.15, -0.1) is 0 Å². The Bertz CT molecular complexity index is 915. The zero-order chi connectivity index (χ0) is 23.7. The third-order valence-corrected chi connectivity index (χ3v) is 7.28. The topological polar surface area (TPSA) is 79.2 Å². The zero-order valence-electron chi connectivity index (χ0n) is 18.8. The van der Waals surface area contributed by atoms with Gasteiger partial charge in [0, 0.05) is 18.7 Å². The van der Waals surface area contributed by atoms with Crippen molar-refractivity contribution in [1.82, 2.24) is 4.90 Å². The normalized spacial score (nSPS) is 24.1. The molecule has 1 aliphatic carbocycles. The van der Waals surface area contributed by atoms with Gasteiger partial charge < -0.3 is 24.4 Å². The summed E-state index contributed by atoms with van der Waals surface area (Å²) in [5, 5.41) is 20.2. The van der Waals surface area contributed by atoms with E-state index in [0.29, 0.717) is 18.0 Å². The number of hydrogen-bond donors (Lipinski definition) is 2. The molecule has 0 bridgehead atoms. The van der Waals surface area contributed by atoms with E-state index in [4.69, 9.17) is 9.31 Å². The predicted molar refractivity (Wildman–Crippen MR) is 111 cm³/mol. The highest BCUT2D eigenvalue weighted by molar-refractivity contribution is 6.62. The molecule has 32 heavy (non-hydrogen) atoms. The molecule has 2 aliphatic heterocycles. The summed E-state index contributed by atoms with van der Waals surface area (Å²) in [6, 6.07) is 2.71. The molecule has 4 rings (SSSR count). The third kappa shape index (κ3) is 3.75. The van der Waals surface area contributed by atoms with Crippen molar-refractivity contribution in [3.8, 4) is 0 Å². The molecule has 1 saturated carbocycles. The summed E-state index contributed by atoms with van der Waals surface area (Å²) in [5.74, 6) is -0.0110. The Kier molecular flexibility index (Phi) is 5.48. The van der Waals surface area contributed by atoms with Crippen LogP contribution in [0.3, 0.4) is 0 Å². The van der Waals surface area contributed by atoms with Crippen molar-refractivity contribution in [3.05, 3.63) is 28.8 Å². The number of hydrogen-bond acceptors (Lipinski definition) is 5. The van der Waals surface area contributed by atoms with E-state index in [1.807, 2.05) is 27.7 Å². The molecule has 1 aromatic rings. The minimum Gasteiger partial charge on any atom is -0.399 e. The molecule has 2 fully saturated rings. The van der Waals surface area contributed by atoms with Crippen molar-refractivity contribution in [1.29, 1.82) is 0 Å². The Balaban J connectivity index is 1.79. The number of halogens is 3. The van der Waals surface area contributed by atoms with Gasteiger partial charge in [0.05, 0.1) is 23.4 Å². The van der Waals surface area contributed by atoms with E-state index in [2.05, 4.69) is 0 Å². The summed E-state index contributed by atoms with van der Waals surface area (Å²) >= 11 is 0. The largest absolute Gasteiger partial charge is 0.494 e. The monoisotopic (exact) mass is 455 g/mol. The van der Waals surface area contributed by atoms with E-state index >= 15 is 0 Å². The van der Waals surface area contributed by atoms with Gasteiger partial charge in [-0.25, -0.2) is 0 Å². The van der Waals surface area contributed by atoms with Gasteiger partial charge in [-0.05, 0) is 51.1 Å². The summed E-state index contributed by atoms with van der Waals surface area (Å²) in [6.45, 7) is 6.27. The number of aliphatic hydroxyl groups excluding tert-OH is 1. The Morgan fingerprint density at radius 2 is 1.75 bits per heavy atom. The molecule has 2 heterocycles. The second-order valence-corrected chi connectivity index (χ2v) is 10.2. The number of nitrogens with zero attached hydrogens (tertiary/aromatic N) is 1. The third-order valence-electron chi connectivity index (χ3n) is 7.28. The minimum absolute atomic E-state index is 0.139. The highest BCUT2D eigenvalue weighted by atomic mass is 19.4. The van der Waals surface area contributed by atoms with E-state index in [1.165, 1.54) is 4.90 Å². The number of rotatable bonds is 6. The van der Waals surface area contributed by atoms with Crippen LogP contribution in [0.5, 0.6) is 0 Å². The minimum atomic E-state index is -5.19. The standard InChI is InChI=1S/C22H29BF3NO5/c1-19(2)20(3,4)32-23(31-19)15-9-14-11-27(8-7-13-5-6-13)18(29)17(14)16(10-15)21(30,12-28)22(24,25)26/h9-10,13,28,30H,5-8,11-12H2,1-4H3. The summed E-state index contributed by atoms with van der Waals surface area (Å²) in [7, 11) is -0.976. The van der Waals surface area contributed by atoms with Crippen LogP contribution >= 0.6 is 0 Å². The van der Waals surface area contributed by atoms with Gasteiger partial charge in [0.15, 0.2) is 0 Å². The molecule has 0 spiro atoms. The van der Waals surface area contributed by atoms with Gasteiger partial charge in [-0.1, -0.05) is 25.0 Å². The number of fused-ring (bicyclic) bond motifs is 1. The number of amides is 1. The molecular weight excluding hydrogens is 426 g/mol. The number of carbonyl (C=O) groups excluding carboxylic acids is 1. The molecule has 176 valence electrons. The summed E-state index contributed by atoms with van der Waals surface area (Å²) < 4.78 is 53.7. The molecule has 1 saturated heterocycles. The van der Waals surface area contributed by atoms with Crippen LogP contribution in [-0.2, 0) is 21.5 Å². The molecule has 0 radical (unpaired) electrons. The number of aliphatic hydroxyl groups is 2. The predicted octanol–water partition coefficient (Wildman–Crippen LogP) is 2.48. The number of carbonyl (C=O) groups is 1. The highest BCUT2D eigenvalue weighted by Crippen LogP contribution is 2.43. The second kappa shape index (κ2) is 7.45. The van der Waals surface area contributed by atoms with E-state index in [-0.39, 0.29) is 17.6 Å². The van der Waals surface area contributed by atoms with Crippen LogP contribution in [-0.4, -0.2) is 58.7 Å². The van der Waals surface area contributed by atoms with E-state index in [9.17, 15) is 28.2 Å². The van der Waals surface area contributed by atoms with Crippen molar-refractivity contribution < 1.29 is 37.5 Å². The lowest BCUT2D eigenvalue weighted by Gasteiger charge is -2.32. The van der Waals surface area contributed by atoms with Crippen LogP contribution in [0.15, 0.2) is 12.1 Å². The Hall–Kier alpha value is -1.62. The summed E-state index contributed by atoms with van der Waals surface area (Å²) in [6.07, 6.45) is -2.19. The first-order chi connectivity index (χ1) is 14.7. The van der Waals surface area contributed by atoms with Crippen molar-refractivity contribution in [3.63, 3.8) is 0 Å². The first-order valence-corrected chi connectivity index (χ1v) is 10.9. The highest BCUT2D eigenvalue weighted by Gasteiger charge is 2.58. The van der Waals surface area contributed by atoms with Crippen LogP contribution < -0.4 is 5.46 Å². The average molecular weight is 455 g/mol. The average Bonchev–Trinajstić information content (AvgIpc) is 3.41. The SMILES string of the molecule is CC1(C)OB(c2cc3c(c(C(O)(CO)C(F)(F)F)c2)C(=O)N(CCC2CC2)C3)OC1(C)C. The Morgan fingerprint density at radius 3 is 2.25 bits per heavy atom. The smallest absolute Gasteiger partial charge is 0.399 e. The fourth-order valence-electron chi connectivity index (χ4n) is 4.23. The van der Waals surface area contributed by atoms with Gasteiger partial charge in [0.1, 0.15) is 0 Å². The first-order valence-electron chi connectivity index (χ1n) is 10.9. The van der Waals surface area contributed by atoms with Gasteiger partial charge in [0.2, 0.25) is 5.60 Å². The lowest BCUT2D eigenvalue weighted by Crippen LogP contribution is -2.48. The van der Waals surface area contributed by atoms with E-state index in [0.717, 1.165) is 25.3 Å². The Morgan fingerprint density at radius 1 is 1.16 bits per heavy atom. The lowest BCUT2D eigenvalue weighted by atomic mass is 9.74. The summed E-state index contributed by atoms with van der Waals surface area (Å²) in [5.41, 5.74) is -5.25. The molecule has 2 N–H and O–H groups in total. The maximum Gasteiger partial charge on any atom is 0.494 e. The molecule has 0 aromatic heterocycles. The van der Waals surface area contributed by atoms with Crippen LogP contribution in [0, 0.1) is 5.92 Å². The van der Waals surface area contributed by atoms with Crippen molar-refractivity contribution in [2.75, 3.05) is 13.2 Å². The van der Waals surface area contributed by atoms with Crippen LogP contribution in [0.1, 0.15) is 68.4 Å². The number of benzene rings is 1. The molecule has 10 heteroatoms. The van der Waals surface area contributed by atoms with Gasteiger partial charge >= 0.3 is 13.3 Å². The molecule has 1 atom stereocenters. The maximum atomic E-state index is 13.9. The van der Waals surface area contributed by atoms with Crippen LogP contribution in [0.2, 0.25) is 0 Å². The van der Waals surface area contributed by atoms with Crippen molar-refractivity contribution >= 4 is 18.5 Å². The molecule has 1 amide bonds. The van der Waals surface area contributed by atoms with Crippen LogP contribution in [0.25, 0.3) is 0 Å². The second-order valence-electron chi connectivity index (χ2n) is 10.2. The fourth-order valence-corrected chi connectivity index (χ4v) is 4.23. The van der Waals surface area contributed by atoms with Crippen LogP contribution in [0.4, 0.5) is 13.2 Å². The van der Waals surface area contributed by atoms with Gasteiger partial charge in [0.25, 0.3) is 5.91 Å². The first kappa shape index (κ1) is 23.5.